The summed E-state index contributed by atoms with van der Waals surface area (Å²) in [5.74, 6) is 0. The zero-order valence-corrected chi connectivity index (χ0v) is 16.5. The Labute approximate surface area is 163 Å². The van der Waals surface area contributed by atoms with E-state index in [0.717, 1.165) is 27.6 Å². The standard InChI is InChI=1S/C24H22N2O2/c1-23(2)19-20(24(3,4)28-23)26-14-18(15-10-6-5-7-11-15)16-12-8-9-13-17(16)21(26)25-22(19)27/h5-14H,1-4H3. The van der Waals surface area contributed by atoms with Crippen molar-refractivity contribution in [2.24, 2.45) is 0 Å². The number of aromatic nitrogens is 2. The first kappa shape index (κ1) is 17.1. The summed E-state index contributed by atoms with van der Waals surface area (Å²) in [5, 5.41) is 2.04. The molecule has 140 valence electrons. The first-order valence-electron chi connectivity index (χ1n) is 9.54. The molecule has 2 aromatic carbocycles. The Morgan fingerprint density at radius 2 is 1.50 bits per heavy atom. The molecular formula is C24H22N2O2. The predicted molar refractivity (Wildman–Crippen MR) is 112 cm³/mol. The maximum absolute atomic E-state index is 13.0. The van der Waals surface area contributed by atoms with Gasteiger partial charge in [-0.05, 0) is 38.6 Å². The molecule has 0 radical (unpaired) electrons. The fourth-order valence-corrected chi connectivity index (χ4v) is 4.68. The molecule has 28 heavy (non-hydrogen) atoms. The minimum Gasteiger partial charge on any atom is -0.358 e. The van der Waals surface area contributed by atoms with Gasteiger partial charge in [0, 0.05) is 17.1 Å². The van der Waals surface area contributed by atoms with Gasteiger partial charge >= 0.3 is 0 Å². The van der Waals surface area contributed by atoms with E-state index in [9.17, 15) is 4.79 Å². The van der Waals surface area contributed by atoms with Crippen LogP contribution in [-0.4, -0.2) is 9.38 Å². The van der Waals surface area contributed by atoms with Crippen LogP contribution < -0.4 is 5.56 Å². The minimum absolute atomic E-state index is 0.205. The van der Waals surface area contributed by atoms with Crippen molar-refractivity contribution in [1.29, 1.82) is 0 Å². The largest absolute Gasteiger partial charge is 0.358 e. The molecule has 2 aromatic heterocycles. The van der Waals surface area contributed by atoms with Gasteiger partial charge < -0.3 is 9.14 Å². The highest BCUT2D eigenvalue weighted by atomic mass is 16.5. The van der Waals surface area contributed by atoms with Gasteiger partial charge in [-0.25, -0.2) is 0 Å². The van der Waals surface area contributed by atoms with Gasteiger partial charge in [-0.1, -0.05) is 54.6 Å². The van der Waals surface area contributed by atoms with Gasteiger partial charge in [-0.2, -0.15) is 4.98 Å². The van der Waals surface area contributed by atoms with Gasteiger partial charge in [0.1, 0.15) is 11.2 Å². The molecule has 1 aliphatic rings. The third-order valence-electron chi connectivity index (χ3n) is 5.61. The van der Waals surface area contributed by atoms with Gasteiger partial charge in [-0.15, -0.1) is 0 Å². The second kappa shape index (κ2) is 5.52. The first-order chi connectivity index (χ1) is 13.3. The van der Waals surface area contributed by atoms with Gasteiger partial charge in [-0.3, -0.25) is 4.79 Å². The monoisotopic (exact) mass is 370 g/mol. The van der Waals surface area contributed by atoms with E-state index in [2.05, 4.69) is 33.8 Å². The average Bonchev–Trinajstić information content (AvgIpc) is 2.87. The molecule has 0 spiro atoms. The lowest BCUT2D eigenvalue weighted by molar-refractivity contribution is -0.106. The Kier molecular flexibility index (Phi) is 3.38. The van der Waals surface area contributed by atoms with Crippen molar-refractivity contribution in [3.05, 3.63) is 82.4 Å². The van der Waals surface area contributed by atoms with Crippen LogP contribution >= 0.6 is 0 Å². The van der Waals surface area contributed by atoms with Gasteiger partial charge in [0.2, 0.25) is 0 Å². The maximum Gasteiger partial charge on any atom is 0.279 e. The van der Waals surface area contributed by atoms with Crippen molar-refractivity contribution >= 4 is 16.4 Å². The van der Waals surface area contributed by atoms with Crippen molar-refractivity contribution in [2.45, 2.75) is 38.9 Å². The quantitative estimate of drug-likeness (QED) is 0.442. The number of fused-ring (bicyclic) bond motifs is 5. The highest BCUT2D eigenvalue weighted by Gasteiger charge is 2.47. The Hall–Kier alpha value is -2.98. The molecular weight excluding hydrogens is 348 g/mol. The summed E-state index contributed by atoms with van der Waals surface area (Å²) >= 11 is 0. The Bertz CT molecular complexity index is 1300. The van der Waals surface area contributed by atoms with E-state index in [-0.39, 0.29) is 5.56 Å². The molecule has 4 heteroatoms. The van der Waals surface area contributed by atoms with Crippen LogP contribution in [0.5, 0.6) is 0 Å². The fraction of sp³-hybridized carbons (Fsp3) is 0.250. The lowest BCUT2D eigenvalue weighted by atomic mass is 9.95. The predicted octanol–water partition coefficient (Wildman–Crippen LogP) is 5.02. The minimum atomic E-state index is -0.678. The zero-order chi connectivity index (χ0) is 19.7. The van der Waals surface area contributed by atoms with Crippen LogP contribution in [0.15, 0.2) is 65.6 Å². The molecule has 5 rings (SSSR count). The normalized spacial score (nSPS) is 17.1. The van der Waals surface area contributed by atoms with E-state index in [1.54, 1.807) is 0 Å². The van der Waals surface area contributed by atoms with E-state index in [1.807, 2.05) is 64.1 Å². The number of benzene rings is 2. The van der Waals surface area contributed by atoms with Crippen LogP contribution in [-0.2, 0) is 15.9 Å². The summed E-state index contributed by atoms with van der Waals surface area (Å²) in [7, 11) is 0. The van der Waals surface area contributed by atoms with Crippen molar-refractivity contribution < 1.29 is 4.74 Å². The molecule has 0 aliphatic carbocycles. The SMILES string of the molecule is CC1(C)OC(C)(C)c2c1c(=O)nc1c3ccccc3c(-c3ccccc3)cn21. The van der Waals surface area contributed by atoms with Crippen LogP contribution in [0.25, 0.3) is 27.5 Å². The van der Waals surface area contributed by atoms with E-state index >= 15 is 0 Å². The van der Waals surface area contributed by atoms with E-state index in [4.69, 9.17) is 4.74 Å². The van der Waals surface area contributed by atoms with Crippen molar-refractivity contribution in [3.63, 3.8) is 0 Å². The van der Waals surface area contributed by atoms with E-state index < -0.39 is 11.2 Å². The summed E-state index contributed by atoms with van der Waals surface area (Å²) < 4.78 is 8.36. The number of nitrogens with zero attached hydrogens (tertiary/aromatic N) is 2. The van der Waals surface area contributed by atoms with Crippen molar-refractivity contribution in [1.82, 2.24) is 9.38 Å². The van der Waals surface area contributed by atoms with Gasteiger partial charge in [0.05, 0.1) is 16.9 Å². The second-order valence-electron chi connectivity index (χ2n) is 8.41. The zero-order valence-electron chi connectivity index (χ0n) is 16.5. The van der Waals surface area contributed by atoms with Crippen LogP contribution in [0.3, 0.4) is 0 Å². The Morgan fingerprint density at radius 1 is 0.857 bits per heavy atom. The molecule has 4 aromatic rings. The lowest BCUT2D eigenvalue weighted by Gasteiger charge is -2.24. The van der Waals surface area contributed by atoms with Crippen molar-refractivity contribution in [2.75, 3.05) is 0 Å². The van der Waals surface area contributed by atoms with Crippen molar-refractivity contribution in [3.8, 4) is 11.1 Å². The summed E-state index contributed by atoms with van der Waals surface area (Å²) in [6.45, 7) is 7.91. The molecule has 3 heterocycles. The molecule has 0 N–H and O–H groups in total. The first-order valence-corrected chi connectivity index (χ1v) is 9.54. The number of rotatable bonds is 1. The summed E-state index contributed by atoms with van der Waals surface area (Å²) in [6, 6.07) is 18.4. The average molecular weight is 370 g/mol. The molecule has 0 amide bonds. The topological polar surface area (TPSA) is 43.6 Å². The molecule has 0 bridgehead atoms. The Balaban J connectivity index is 2.03. The summed E-state index contributed by atoms with van der Waals surface area (Å²) in [6.07, 6.45) is 2.10. The van der Waals surface area contributed by atoms with Crippen LogP contribution in [0.2, 0.25) is 0 Å². The maximum atomic E-state index is 13.0. The highest BCUT2D eigenvalue weighted by Crippen LogP contribution is 2.45. The third kappa shape index (κ3) is 2.28. The number of hydrogen-bond donors (Lipinski definition) is 0. The van der Waals surface area contributed by atoms with Gasteiger partial charge in [0.25, 0.3) is 5.56 Å². The second-order valence-corrected chi connectivity index (χ2v) is 8.41. The molecule has 1 aliphatic heterocycles. The number of hydrogen-bond acceptors (Lipinski definition) is 3. The Morgan fingerprint density at radius 3 is 2.21 bits per heavy atom. The molecule has 0 fully saturated rings. The van der Waals surface area contributed by atoms with Gasteiger partial charge in [0.15, 0.2) is 0 Å². The number of pyridine rings is 1. The lowest BCUT2D eigenvalue weighted by Crippen LogP contribution is -2.27. The van der Waals surface area contributed by atoms with Crippen LogP contribution in [0.1, 0.15) is 39.0 Å². The fourth-order valence-electron chi connectivity index (χ4n) is 4.68. The molecule has 0 unspecified atom stereocenters. The van der Waals surface area contributed by atoms with Crippen LogP contribution in [0.4, 0.5) is 0 Å². The third-order valence-corrected chi connectivity index (χ3v) is 5.61. The van der Waals surface area contributed by atoms with E-state index in [1.165, 1.54) is 0 Å². The molecule has 0 saturated carbocycles. The highest BCUT2D eigenvalue weighted by molar-refractivity contribution is 6.03. The smallest absolute Gasteiger partial charge is 0.279 e. The molecule has 0 saturated heterocycles. The van der Waals surface area contributed by atoms with Crippen LogP contribution in [0, 0.1) is 0 Å². The molecule has 4 nitrogen and oxygen atoms in total. The molecule has 0 atom stereocenters. The summed E-state index contributed by atoms with van der Waals surface area (Å²) in [4.78, 5) is 17.5. The van der Waals surface area contributed by atoms with E-state index in [0.29, 0.717) is 11.2 Å². The number of ether oxygens (including phenoxy) is 1. The summed E-state index contributed by atoms with van der Waals surface area (Å²) in [5.41, 5.74) is 2.96.